The van der Waals surface area contributed by atoms with Crippen molar-refractivity contribution in [1.82, 2.24) is 14.9 Å². The summed E-state index contributed by atoms with van der Waals surface area (Å²) in [5.74, 6) is 0.528. The lowest BCUT2D eigenvalue weighted by Crippen LogP contribution is -2.40. The summed E-state index contributed by atoms with van der Waals surface area (Å²) < 4.78 is 7.21. The number of aliphatic hydroxyl groups excluding tert-OH is 1. The van der Waals surface area contributed by atoms with Crippen LogP contribution in [0, 0.1) is 11.8 Å². The van der Waals surface area contributed by atoms with Crippen molar-refractivity contribution in [1.29, 1.82) is 0 Å². The second-order valence-electron chi connectivity index (χ2n) is 9.75. The number of nitrogens with zero attached hydrogens (tertiary/aromatic N) is 2. The van der Waals surface area contributed by atoms with Crippen LogP contribution < -0.4 is 5.32 Å². The maximum atomic E-state index is 13.4. The number of aliphatic hydroxyl groups is 1. The van der Waals surface area contributed by atoms with Crippen LogP contribution in [0.1, 0.15) is 48.7 Å². The minimum Gasteiger partial charge on any atom is -0.368 e. The fourth-order valence-corrected chi connectivity index (χ4v) is 5.47. The second-order valence-corrected chi connectivity index (χ2v) is 9.75. The van der Waals surface area contributed by atoms with Crippen LogP contribution in [0.5, 0.6) is 0 Å². The number of hydrogen-bond donors (Lipinski definition) is 2. The van der Waals surface area contributed by atoms with Gasteiger partial charge in [0.25, 0.3) is 5.91 Å². The second kappa shape index (κ2) is 10.2. The van der Waals surface area contributed by atoms with E-state index in [9.17, 15) is 9.90 Å². The topological polar surface area (TPSA) is 76.4 Å². The Morgan fingerprint density at radius 3 is 2.57 bits per heavy atom. The van der Waals surface area contributed by atoms with E-state index in [0.717, 1.165) is 53.2 Å². The van der Waals surface area contributed by atoms with Gasteiger partial charge in [-0.1, -0.05) is 36.4 Å². The van der Waals surface area contributed by atoms with Gasteiger partial charge in [0, 0.05) is 36.0 Å². The number of aromatic nitrogens is 2. The molecule has 182 valence electrons. The predicted molar refractivity (Wildman–Crippen MR) is 138 cm³/mol. The SMILES string of the molecule is COC(O)C1CCC(C(C)NC(=O)c2cccc3ccn(Cc4ccc5ccccc5n4)c23)CC1. The highest BCUT2D eigenvalue weighted by Gasteiger charge is 2.30. The first-order valence-electron chi connectivity index (χ1n) is 12.5. The fraction of sp³-hybridized carbons (Fsp3) is 0.379. The molecule has 1 saturated carbocycles. The monoisotopic (exact) mass is 471 g/mol. The van der Waals surface area contributed by atoms with E-state index in [0.29, 0.717) is 18.0 Å². The molecule has 6 heteroatoms. The van der Waals surface area contributed by atoms with Gasteiger partial charge in [-0.05, 0) is 62.8 Å². The first-order valence-corrected chi connectivity index (χ1v) is 12.5. The van der Waals surface area contributed by atoms with Crippen LogP contribution >= 0.6 is 0 Å². The standard InChI is InChI=1S/C29H33N3O3/c1-19(20-10-12-23(13-11-20)29(34)35-2)30-28(33)25-8-5-7-22-16-17-32(27(22)25)18-24-15-14-21-6-3-4-9-26(21)31-24/h3-9,14-17,19-20,23,29,34H,10-13,18H2,1-2H3,(H,30,33). The number of rotatable bonds is 7. The third kappa shape index (κ3) is 4.95. The summed E-state index contributed by atoms with van der Waals surface area (Å²) in [6.45, 7) is 2.69. The van der Waals surface area contributed by atoms with Crippen molar-refractivity contribution in [3.63, 3.8) is 0 Å². The zero-order chi connectivity index (χ0) is 24.4. The van der Waals surface area contributed by atoms with Crippen molar-refractivity contribution in [2.45, 2.75) is 51.5 Å². The molecule has 0 radical (unpaired) electrons. The van der Waals surface area contributed by atoms with Crippen LogP contribution in [-0.2, 0) is 11.3 Å². The van der Waals surface area contributed by atoms with Gasteiger partial charge < -0.3 is 19.7 Å². The third-order valence-electron chi connectivity index (χ3n) is 7.55. The molecule has 0 aliphatic heterocycles. The minimum atomic E-state index is -0.691. The van der Waals surface area contributed by atoms with Crippen LogP contribution in [0.3, 0.4) is 0 Å². The molecule has 1 aliphatic rings. The zero-order valence-corrected chi connectivity index (χ0v) is 20.4. The van der Waals surface area contributed by atoms with E-state index < -0.39 is 6.29 Å². The maximum Gasteiger partial charge on any atom is 0.253 e. The Balaban J connectivity index is 1.33. The summed E-state index contributed by atoms with van der Waals surface area (Å²) in [5, 5.41) is 15.4. The number of fused-ring (bicyclic) bond motifs is 2. The molecule has 2 atom stereocenters. The van der Waals surface area contributed by atoms with Crippen LogP contribution in [0.25, 0.3) is 21.8 Å². The van der Waals surface area contributed by atoms with Gasteiger partial charge in [-0.25, -0.2) is 0 Å². The van der Waals surface area contributed by atoms with Gasteiger partial charge in [0.2, 0.25) is 0 Å². The van der Waals surface area contributed by atoms with Gasteiger partial charge in [0.05, 0.1) is 28.8 Å². The average Bonchev–Trinajstić information content (AvgIpc) is 3.31. The number of methoxy groups -OCH3 is 1. The minimum absolute atomic E-state index is 0.0476. The third-order valence-corrected chi connectivity index (χ3v) is 7.55. The predicted octanol–water partition coefficient (Wildman–Crippen LogP) is 5.13. The first kappa shape index (κ1) is 23.5. The molecule has 0 bridgehead atoms. The molecule has 1 fully saturated rings. The average molecular weight is 472 g/mol. The fourth-order valence-electron chi connectivity index (χ4n) is 5.47. The van der Waals surface area contributed by atoms with E-state index in [1.54, 1.807) is 7.11 Å². The molecular formula is C29H33N3O3. The van der Waals surface area contributed by atoms with Crippen LogP contribution in [-0.4, -0.2) is 40.0 Å². The number of carbonyl (C=O) groups excluding carboxylic acids is 1. The molecule has 0 saturated heterocycles. The summed E-state index contributed by atoms with van der Waals surface area (Å²) in [5.41, 5.74) is 3.54. The smallest absolute Gasteiger partial charge is 0.253 e. The summed E-state index contributed by atoms with van der Waals surface area (Å²) in [4.78, 5) is 18.2. The molecular weight excluding hydrogens is 438 g/mol. The van der Waals surface area contributed by atoms with Crippen molar-refractivity contribution < 1.29 is 14.6 Å². The molecule has 2 aromatic heterocycles. The lowest BCUT2D eigenvalue weighted by molar-refractivity contribution is -0.123. The van der Waals surface area contributed by atoms with Crippen LogP contribution in [0.2, 0.25) is 0 Å². The highest BCUT2D eigenvalue weighted by atomic mass is 16.6. The number of amides is 1. The Morgan fingerprint density at radius 2 is 1.77 bits per heavy atom. The Morgan fingerprint density at radius 1 is 1.03 bits per heavy atom. The molecule has 1 aliphatic carbocycles. The molecule has 2 heterocycles. The molecule has 4 aromatic rings. The number of nitrogens with one attached hydrogen (secondary N) is 1. The van der Waals surface area contributed by atoms with Gasteiger partial charge in [0.1, 0.15) is 0 Å². The number of benzene rings is 2. The van der Waals surface area contributed by atoms with Gasteiger partial charge in [0.15, 0.2) is 6.29 Å². The molecule has 35 heavy (non-hydrogen) atoms. The van der Waals surface area contributed by atoms with Gasteiger partial charge >= 0.3 is 0 Å². The Labute approximate surface area is 205 Å². The lowest BCUT2D eigenvalue weighted by atomic mass is 9.78. The summed E-state index contributed by atoms with van der Waals surface area (Å²) in [7, 11) is 1.55. The van der Waals surface area contributed by atoms with E-state index >= 15 is 0 Å². The van der Waals surface area contributed by atoms with Crippen LogP contribution in [0.4, 0.5) is 0 Å². The van der Waals surface area contributed by atoms with Gasteiger partial charge in [-0.2, -0.15) is 0 Å². The van der Waals surface area contributed by atoms with Crippen molar-refractivity contribution in [2.75, 3.05) is 7.11 Å². The number of carbonyl (C=O) groups is 1. The van der Waals surface area contributed by atoms with Crippen LogP contribution in [0.15, 0.2) is 66.9 Å². The summed E-state index contributed by atoms with van der Waals surface area (Å²) in [6.07, 6.45) is 5.11. The van der Waals surface area contributed by atoms with E-state index in [4.69, 9.17) is 9.72 Å². The number of para-hydroxylation sites is 2. The Hall–Kier alpha value is -3.22. The lowest BCUT2D eigenvalue weighted by Gasteiger charge is -2.34. The molecule has 2 aromatic carbocycles. The van der Waals surface area contributed by atoms with Crippen molar-refractivity contribution in [2.24, 2.45) is 11.8 Å². The molecule has 6 nitrogen and oxygen atoms in total. The van der Waals surface area contributed by atoms with E-state index in [-0.39, 0.29) is 17.9 Å². The number of pyridine rings is 1. The van der Waals surface area contributed by atoms with Crippen molar-refractivity contribution in [3.8, 4) is 0 Å². The number of hydrogen-bond acceptors (Lipinski definition) is 4. The maximum absolute atomic E-state index is 13.4. The van der Waals surface area contributed by atoms with Crippen molar-refractivity contribution in [3.05, 3.63) is 78.1 Å². The summed E-state index contributed by atoms with van der Waals surface area (Å²) in [6, 6.07) is 20.3. The first-order chi connectivity index (χ1) is 17.0. The highest BCUT2D eigenvalue weighted by Crippen LogP contribution is 2.33. The Kier molecular flexibility index (Phi) is 6.84. The molecule has 2 unspecified atom stereocenters. The quantitative estimate of drug-likeness (QED) is 0.367. The molecule has 0 spiro atoms. The van der Waals surface area contributed by atoms with Gasteiger partial charge in [-0.15, -0.1) is 0 Å². The zero-order valence-electron chi connectivity index (χ0n) is 20.4. The van der Waals surface area contributed by atoms with E-state index in [2.05, 4.69) is 41.1 Å². The highest BCUT2D eigenvalue weighted by molar-refractivity contribution is 6.06. The number of ether oxygens (including phenoxy) is 1. The summed E-state index contributed by atoms with van der Waals surface area (Å²) >= 11 is 0. The molecule has 5 rings (SSSR count). The van der Waals surface area contributed by atoms with E-state index in [1.807, 2.05) is 42.6 Å². The Bertz CT molecular complexity index is 1320. The normalized spacial score (nSPS) is 20.1. The van der Waals surface area contributed by atoms with E-state index in [1.165, 1.54) is 0 Å². The molecule has 1 amide bonds. The van der Waals surface area contributed by atoms with Gasteiger partial charge in [-0.3, -0.25) is 9.78 Å². The molecule has 2 N–H and O–H groups in total. The van der Waals surface area contributed by atoms with Crippen molar-refractivity contribution >= 4 is 27.7 Å². The largest absolute Gasteiger partial charge is 0.368 e.